The molecule has 0 radical (unpaired) electrons. The average Bonchev–Trinajstić information content (AvgIpc) is 3.15. The molecule has 3 rings (SSSR count). The van der Waals surface area contributed by atoms with E-state index >= 15 is 0 Å². The first-order valence-corrected chi connectivity index (χ1v) is 7.72. The second kappa shape index (κ2) is 7.12. The maximum Gasteiger partial charge on any atom is 0.286 e. The van der Waals surface area contributed by atoms with E-state index in [0.717, 1.165) is 5.39 Å². The van der Waals surface area contributed by atoms with Gasteiger partial charge in [-0.2, -0.15) is 0 Å². The van der Waals surface area contributed by atoms with Crippen molar-refractivity contribution in [1.29, 1.82) is 0 Å². The van der Waals surface area contributed by atoms with Gasteiger partial charge in [0.05, 0.1) is 26.0 Å². The summed E-state index contributed by atoms with van der Waals surface area (Å²) in [6.07, 6.45) is 1.83. The minimum Gasteiger partial charge on any atom is -0.493 e. The monoisotopic (exact) mass is 342 g/mol. The summed E-state index contributed by atoms with van der Waals surface area (Å²) in [5.41, 5.74) is 1.03. The normalized spacial score (nSPS) is 10.6. The van der Waals surface area contributed by atoms with Gasteiger partial charge in [-0.25, -0.2) is 0 Å². The topological polar surface area (TPSA) is 93.6 Å². The van der Waals surface area contributed by atoms with Crippen LogP contribution >= 0.6 is 0 Å². The number of fused-ring (bicyclic) bond motifs is 1. The van der Waals surface area contributed by atoms with Crippen molar-refractivity contribution in [2.75, 3.05) is 20.8 Å². The molecular formula is C18H18N2O5. The summed E-state index contributed by atoms with van der Waals surface area (Å²) < 4.78 is 15.5. The third-order valence-electron chi connectivity index (χ3n) is 3.85. The van der Waals surface area contributed by atoms with Gasteiger partial charge in [0.25, 0.3) is 11.5 Å². The number of carbonyl (C=O) groups excluding carboxylic acids is 1. The summed E-state index contributed by atoms with van der Waals surface area (Å²) in [6, 6.07) is 8.53. The molecule has 25 heavy (non-hydrogen) atoms. The number of nitrogens with one attached hydrogen (secondary N) is 2. The average molecular weight is 342 g/mol. The zero-order valence-electron chi connectivity index (χ0n) is 13.9. The molecule has 7 heteroatoms. The summed E-state index contributed by atoms with van der Waals surface area (Å²) in [4.78, 5) is 26.9. The highest BCUT2D eigenvalue weighted by Gasteiger charge is 2.11. The first-order chi connectivity index (χ1) is 12.1. The van der Waals surface area contributed by atoms with Gasteiger partial charge >= 0.3 is 0 Å². The molecule has 3 aromatic rings. The summed E-state index contributed by atoms with van der Waals surface area (Å²) in [7, 11) is 3.10. The Morgan fingerprint density at radius 3 is 2.64 bits per heavy atom. The van der Waals surface area contributed by atoms with Crippen molar-refractivity contribution in [2.24, 2.45) is 0 Å². The van der Waals surface area contributed by atoms with Crippen molar-refractivity contribution in [3.05, 3.63) is 58.3 Å². The summed E-state index contributed by atoms with van der Waals surface area (Å²) in [5.74, 6) is 1.06. The Kier molecular flexibility index (Phi) is 4.74. The lowest BCUT2D eigenvalue weighted by atomic mass is 10.1. The molecule has 0 bridgehead atoms. The molecule has 0 aliphatic heterocycles. The zero-order chi connectivity index (χ0) is 17.8. The predicted molar refractivity (Wildman–Crippen MR) is 92.4 cm³/mol. The highest BCUT2D eigenvalue weighted by atomic mass is 16.5. The van der Waals surface area contributed by atoms with E-state index in [1.807, 2.05) is 0 Å². The van der Waals surface area contributed by atoms with Crippen molar-refractivity contribution < 1.29 is 18.7 Å². The highest BCUT2D eigenvalue weighted by Crippen LogP contribution is 2.30. The minimum atomic E-state index is -0.311. The van der Waals surface area contributed by atoms with Crippen molar-refractivity contribution in [3.8, 4) is 11.5 Å². The Balaban J connectivity index is 1.78. The fourth-order valence-corrected chi connectivity index (χ4v) is 2.57. The van der Waals surface area contributed by atoms with Crippen LogP contribution in [0.3, 0.4) is 0 Å². The number of hydrogen-bond acceptors (Lipinski definition) is 5. The molecule has 2 N–H and O–H groups in total. The molecule has 0 aliphatic rings. The maximum atomic E-state index is 12.2. The number of hydrogen-bond donors (Lipinski definition) is 2. The number of aromatic amines is 1. The fraction of sp³-hybridized carbons (Fsp3) is 0.222. The Labute approximate surface area is 143 Å². The maximum absolute atomic E-state index is 12.2. The van der Waals surface area contributed by atoms with Gasteiger partial charge in [0.2, 0.25) is 0 Å². The van der Waals surface area contributed by atoms with Gasteiger partial charge in [-0.3, -0.25) is 9.59 Å². The number of furan rings is 1. The van der Waals surface area contributed by atoms with Gasteiger partial charge in [0.1, 0.15) is 0 Å². The number of ether oxygens (including phenoxy) is 2. The van der Waals surface area contributed by atoms with Crippen LogP contribution in [0.5, 0.6) is 11.5 Å². The summed E-state index contributed by atoms with van der Waals surface area (Å²) >= 11 is 0. The SMILES string of the molecule is COc1cc2cc(CCNC(=O)c3ccco3)c(=O)[nH]c2cc1OC. The van der Waals surface area contributed by atoms with Crippen molar-refractivity contribution >= 4 is 16.8 Å². The molecule has 130 valence electrons. The van der Waals surface area contributed by atoms with E-state index in [-0.39, 0.29) is 17.2 Å². The Bertz CT molecular complexity index is 944. The van der Waals surface area contributed by atoms with Crippen molar-refractivity contribution in [2.45, 2.75) is 6.42 Å². The van der Waals surface area contributed by atoms with E-state index in [0.29, 0.717) is 35.5 Å². The van der Waals surface area contributed by atoms with Gasteiger partial charge in [-0.1, -0.05) is 0 Å². The van der Waals surface area contributed by atoms with Crippen LogP contribution in [0.1, 0.15) is 16.1 Å². The lowest BCUT2D eigenvalue weighted by Crippen LogP contribution is -2.27. The largest absolute Gasteiger partial charge is 0.493 e. The van der Waals surface area contributed by atoms with Gasteiger partial charge < -0.3 is 24.2 Å². The summed E-state index contributed by atoms with van der Waals surface area (Å²) in [5, 5.41) is 3.54. The molecular weight excluding hydrogens is 324 g/mol. The van der Waals surface area contributed by atoms with Crippen LogP contribution in [0.15, 0.2) is 45.8 Å². The van der Waals surface area contributed by atoms with E-state index in [4.69, 9.17) is 13.9 Å². The molecule has 1 amide bonds. The number of pyridine rings is 1. The smallest absolute Gasteiger partial charge is 0.286 e. The zero-order valence-corrected chi connectivity index (χ0v) is 13.9. The Morgan fingerprint density at radius 2 is 1.96 bits per heavy atom. The van der Waals surface area contributed by atoms with Gasteiger partial charge in [-0.05, 0) is 30.7 Å². The quantitative estimate of drug-likeness (QED) is 0.716. The van der Waals surface area contributed by atoms with E-state index in [9.17, 15) is 9.59 Å². The highest BCUT2D eigenvalue weighted by molar-refractivity contribution is 5.91. The number of amides is 1. The lowest BCUT2D eigenvalue weighted by Gasteiger charge is -2.10. The number of rotatable bonds is 6. The molecule has 0 unspecified atom stereocenters. The Morgan fingerprint density at radius 1 is 1.20 bits per heavy atom. The van der Waals surface area contributed by atoms with Crippen molar-refractivity contribution in [1.82, 2.24) is 10.3 Å². The molecule has 7 nitrogen and oxygen atoms in total. The Hall–Kier alpha value is -3.22. The third kappa shape index (κ3) is 3.50. The lowest BCUT2D eigenvalue weighted by molar-refractivity contribution is 0.0926. The molecule has 2 aromatic heterocycles. The van der Waals surface area contributed by atoms with Crippen LogP contribution < -0.4 is 20.3 Å². The number of methoxy groups -OCH3 is 2. The second-order valence-corrected chi connectivity index (χ2v) is 5.40. The van der Waals surface area contributed by atoms with Crippen molar-refractivity contribution in [3.63, 3.8) is 0 Å². The first-order valence-electron chi connectivity index (χ1n) is 7.72. The molecule has 0 saturated heterocycles. The molecule has 0 saturated carbocycles. The van der Waals surface area contributed by atoms with Gasteiger partial charge in [0.15, 0.2) is 17.3 Å². The summed E-state index contributed by atoms with van der Waals surface area (Å²) in [6.45, 7) is 0.321. The molecule has 0 atom stereocenters. The van der Waals surface area contributed by atoms with Crippen LogP contribution in [0.4, 0.5) is 0 Å². The standard InChI is InChI=1S/C18H18N2O5/c1-23-15-9-12-8-11(17(21)20-13(12)10-16(15)24-2)5-6-19-18(22)14-4-3-7-25-14/h3-4,7-10H,5-6H2,1-2H3,(H,19,22)(H,20,21). The van der Waals surface area contributed by atoms with Gasteiger partial charge in [0, 0.05) is 23.6 Å². The predicted octanol–water partition coefficient (Wildman–Crippen LogP) is 2.11. The van der Waals surface area contributed by atoms with Gasteiger partial charge in [-0.15, -0.1) is 0 Å². The second-order valence-electron chi connectivity index (χ2n) is 5.40. The van der Waals surface area contributed by atoms with E-state index in [1.54, 1.807) is 37.4 Å². The first kappa shape index (κ1) is 16.6. The third-order valence-corrected chi connectivity index (χ3v) is 3.85. The molecule has 2 heterocycles. The molecule has 1 aromatic carbocycles. The van der Waals surface area contributed by atoms with Crippen LogP contribution in [0.25, 0.3) is 10.9 Å². The number of carbonyl (C=O) groups is 1. The van der Waals surface area contributed by atoms with Crippen LogP contribution in [-0.2, 0) is 6.42 Å². The van der Waals surface area contributed by atoms with E-state index < -0.39 is 0 Å². The number of aromatic nitrogens is 1. The van der Waals surface area contributed by atoms with Crippen LogP contribution in [0, 0.1) is 0 Å². The van der Waals surface area contributed by atoms with E-state index in [2.05, 4.69) is 10.3 Å². The van der Waals surface area contributed by atoms with E-state index in [1.165, 1.54) is 13.4 Å². The minimum absolute atomic E-state index is 0.202. The fourth-order valence-electron chi connectivity index (χ4n) is 2.57. The molecule has 0 fully saturated rings. The van der Waals surface area contributed by atoms with Crippen LogP contribution in [0.2, 0.25) is 0 Å². The molecule has 0 aliphatic carbocycles. The number of benzene rings is 1. The van der Waals surface area contributed by atoms with Crippen LogP contribution in [-0.4, -0.2) is 31.7 Å². The number of H-pyrrole nitrogens is 1. The molecule has 0 spiro atoms.